The quantitative estimate of drug-likeness (QED) is 0.241. The van der Waals surface area contributed by atoms with Gasteiger partial charge in [-0.15, -0.1) is 0 Å². The van der Waals surface area contributed by atoms with Crippen LogP contribution in [0.5, 0.6) is 0 Å². The second kappa shape index (κ2) is 7.81. The summed E-state index contributed by atoms with van der Waals surface area (Å²) in [7, 11) is 0. The Morgan fingerprint density at radius 1 is 1.33 bits per heavy atom. The van der Waals surface area contributed by atoms with Crippen LogP contribution >= 0.6 is 0 Å². The highest BCUT2D eigenvalue weighted by Crippen LogP contribution is 1.98. The van der Waals surface area contributed by atoms with Crippen molar-refractivity contribution in [2.24, 2.45) is 0 Å². The Hall–Kier alpha value is -1.56. The summed E-state index contributed by atoms with van der Waals surface area (Å²) in [4.78, 5) is 24.9. The molecule has 0 rings (SSSR count). The third-order valence-corrected chi connectivity index (χ3v) is 1.63. The van der Waals surface area contributed by atoms with Crippen molar-refractivity contribution in [1.29, 1.82) is 0 Å². The summed E-state index contributed by atoms with van der Waals surface area (Å²) < 4.78 is 0. The number of hydrogen-bond acceptors (Lipinski definition) is 4. The average molecular weight is 217 g/mol. The summed E-state index contributed by atoms with van der Waals surface area (Å²) in [6.45, 7) is 3.68. The number of nitrogens with one attached hydrogen (secondary N) is 1. The van der Waals surface area contributed by atoms with E-state index < -0.39 is 5.97 Å². The summed E-state index contributed by atoms with van der Waals surface area (Å²) in [6, 6.07) is 0. The van der Waals surface area contributed by atoms with Crippen LogP contribution in [0.3, 0.4) is 0 Å². The fourth-order valence-corrected chi connectivity index (χ4v) is 0.903. The molecule has 0 aromatic heterocycles. The first kappa shape index (κ1) is 13.4. The third kappa shape index (κ3) is 8.76. The standard InChI is InChI=1S/C9H15NO5/c1-7(15-14)6-8(11)10-5-3-2-4-9(12)13/h14H,1-6H2,(H,10,11)(H,12,13). The molecule has 3 N–H and O–H groups in total. The molecule has 0 saturated carbocycles. The molecule has 0 aromatic carbocycles. The highest BCUT2D eigenvalue weighted by Gasteiger charge is 2.04. The summed E-state index contributed by atoms with van der Waals surface area (Å²) in [5.74, 6) is -1.19. The van der Waals surface area contributed by atoms with Crippen LogP contribution in [0.2, 0.25) is 0 Å². The number of carboxylic acids is 1. The van der Waals surface area contributed by atoms with Gasteiger partial charge in [0.15, 0.2) is 0 Å². The predicted octanol–water partition coefficient (Wildman–Crippen LogP) is 0.751. The van der Waals surface area contributed by atoms with Gasteiger partial charge in [0.25, 0.3) is 0 Å². The van der Waals surface area contributed by atoms with Gasteiger partial charge in [0.2, 0.25) is 5.91 Å². The van der Waals surface area contributed by atoms with E-state index in [1.165, 1.54) is 0 Å². The molecule has 0 fully saturated rings. The first-order chi connectivity index (χ1) is 7.06. The van der Waals surface area contributed by atoms with E-state index in [1.807, 2.05) is 0 Å². The molecule has 0 aliphatic heterocycles. The fraction of sp³-hybridized carbons (Fsp3) is 0.556. The number of carbonyl (C=O) groups is 2. The first-order valence-electron chi connectivity index (χ1n) is 4.54. The number of carbonyl (C=O) groups excluding carboxylic acids is 1. The van der Waals surface area contributed by atoms with Crippen LogP contribution in [0, 0.1) is 0 Å². The van der Waals surface area contributed by atoms with Crippen LogP contribution in [0.15, 0.2) is 12.3 Å². The smallest absolute Gasteiger partial charge is 0.303 e. The number of unbranched alkanes of at least 4 members (excludes halogenated alkanes) is 1. The Bertz CT molecular complexity index is 239. The van der Waals surface area contributed by atoms with Crippen molar-refractivity contribution in [2.45, 2.75) is 25.7 Å². The summed E-state index contributed by atoms with van der Waals surface area (Å²) >= 11 is 0. The Morgan fingerprint density at radius 3 is 2.53 bits per heavy atom. The lowest BCUT2D eigenvalue weighted by atomic mass is 10.2. The number of rotatable bonds is 8. The van der Waals surface area contributed by atoms with Crippen LogP contribution in [0.4, 0.5) is 0 Å². The first-order valence-corrected chi connectivity index (χ1v) is 4.54. The fourth-order valence-electron chi connectivity index (χ4n) is 0.903. The van der Waals surface area contributed by atoms with Crippen molar-refractivity contribution in [3.8, 4) is 0 Å². The van der Waals surface area contributed by atoms with Gasteiger partial charge in [-0.05, 0) is 12.8 Å². The monoisotopic (exact) mass is 217 g/mol. The SMILES string of the molecule is C=C(CC(=O)NCCCCC(=O)O)OO. The molecule has 0 atom stereocenters. The van der Waals surface area contributed by atoms with Crippen LogP contribution in [0.25, 0.3) is 0 Å². The maximum Gasteiger partial charge on any atom is 0.303 e. The van der Waals surface area contributed by atoms with Gasteiger partial charge < -0.3 is 15.3 Å². The number of aliphatic carboxylic acids is 1. The Balaban J connectivity index is 3.39. The number of hydrogen-bond donors (Lipinski definition) is 3. The number of amides is 1. The Morgan fingerprint density at radius 2 is 2.00 bits per heavy atom. The lowest BCUT2D eigenvalue weighted by molar-refractivity contribution is -0.205. The second-order valence-electron chi connectivity index (χ2n) is 3.01. The summed E-state index contributed by atoms with van der Waals surface area (Å²) in [5, 5.41) is 19.0. The van der Waals surface area contributed by atoms with Crippen molar-refractivity contribution in [3.05, 3.63) is 12.3 Å². The zero-order chi connectivity index (χ0) is 11.7. The largest absolute Gasteiger partial charge is 0.481 e. The van der Waals surface area contributed by atoms with E-state index in [1.54, 1.807) is 0 Å². The number of carboxylic acid groups (broad SMARTS) is 1. The molecule has 6 heteroatoms. The van der Waals surface area contributed by atoms with E-state index in [9.17, 15) is 9.59 Å². The molecule has 15 heavy (non-hydrogen) atoms. The van der Waals surface area contributed by atoms with E-state index in [2.05, 4.69) is 16.8 Å². The topological polar surface area (TPSA) is 95.9 Å². The minimum atomic E-state index is -0.844. The van der Waals surface area contributed by atoms with Crippen LogP contribution < -0.4 is 5.32 Å². The maximum atomic E-state index is 11.0. The lowest BCUT2D eigenvalue weighted by Crippen LogP contribution is -2.24. The molecular weight excluding hydrogens is 202 g/mol. The van der Waals surface area contributed by atoms with Gasteiger partial charge in [-0.2, -0.15) is 0 Å². The van der Waals surface area contributed by atoms with Gasteiger partial charge >= 0.3 is 5.97 Å². The molecule has 86 valence electrons. The minimum absolute atomic E-state index is 0.0296. The van der Waals surface area contributed by atoms with Crippen LogP contribution in [-0.4, -0.2) is 28.8 Å². The zero-order valence-electron chi connectivity index (χ0n) is 8.36. The van der Waals surface area contributed by atoms with Gasteiger partial charge in [-0.3, -0.25) is 9.59 Å². The van der Waals surface area contributed by atoms with Crippen molar-refractivity contribution < 1.29 is 24.8 Å². The molecule has 1 amide bonds. The highest BCUT2D eigenvalue weighted by molar-refractivity contribution is 5.77. The molecule has 0 spiro atoms. The van der Waals surface area contributed by atoms with E-state index in [0.717, 1.165) is 0 Å². The van der Waals surface area contributed by atoms with Crippen molar-refractivity contribution >= 4 is 11.9 Å². The molecule has 6 nitrogen and oxygen atoms in total. The lowest BCUT2D eigenvalue weighted by Gasteiger charge is -2.04. The van der Waals surface area contributed by atoms with Crippen molar-refractivity contribution in [2.75, 3.05) is 6.54 Å². The highest BCUT2D eigenvalue weighted by atomic mass is 17.1. The molecule has 0 aliphatic carbocycles. The Kier molecular flexibility index (Phi) is 7.00. The third-order valence-electron chi connectivity index (χ3n) is 1.63. The van der Waals surface area contributed by atoms with Gasteiger partial charge in [0.05, 0.1) is 6.42 Å². The normalized spacial score (nSPS) is 9.40. The van der Waals surface area contributed by atoms with Gasteiger partial charge in [-0.1, -0.05) is 6.58 Å². The second-order valence-corrected chi connectivity index (χ2v) is 3.01. The van der Waals surface area contributed by atoms with E-state index in [4.69, 9.17) is 10.4 Å². The van der Waals surface area contributed by atoms with Gasteiger partial charge in [-0.25, -0.2) is 5.26 Å². The predicted molar refractivity (Wildman–Crippen MR) is 52.0 cm³/mol. The molecule has 0 unspecified atom stereocenters. The average Bonchev–Trinajstić information content (AvgIpc) is 2.16. The van der Waals surface area contributed by atoms with Gasteiger partial charge in [0, 0.05) is 13.0 Å². The molecule has 0 bridgehead atoms. The van der Waals surface area contributed by atoms with Crippen molar-refractivity contribution in [1.82, 2.24) is 5.32 Å². The minimum Gasteiger partial charge on any atom is -0.481 e. The Labute approximate surface area is 87.5 Å². The van der Waals surface area contributed by atoms with Gasteiger partial charge in [0.1, 0.15) is 5.76 Å². The summed E-state index contributed by atoms with van der Waals surface area (Å²) in [5.41, 5.74) is 0. The molecular formula is C9H15NO5. The molecule has 0 saturated heterocycles. The zero-order valence-corrected chi connectivity index (χ0v) is 8.36. The van der Waals surface area contributed by atoms with E-state index >= 15 is 0 Å². The molecule has 0 aliphatic rings. The molecule has 0 heterocycles. The van der Waals surface area contributed by atoms with Crippen LogP contribution in [0.1, 0.15) is 25.7 Å². The summed E-state index contributed by atoms with van der Waals surface area (Å²) in [6.07, 6.45) is 1.12. The maximum absolute atomic E-state index is 11.0. The molecule has 0 aromatic rings. The molecule has 0 radical (unpaired) electrons. The van der Waals surface area contributed by atoms with Crippen molar-refractivity contribution in [3.63, 3.8) is 0 Å². The van der Waals surface area contributed by atoms with E-state index in [-0.39, 0.29) is 24.5 Å². The van der Waals surface area contributed by atoms with Crippen LogP contribution in [-0.2, 0) is 14.5 Å². The van der Waals surface area contributed by atoms with E-state index in [0.29, 0.717) is 19.4 Å².